The zero-order valence-electron chi connectivity index (χ0n) is 12.6. The van der Waals surface area contributed by atoms with Gasteiger partial charge in [0.1, 0.15) is 0 Å². The van der Waals surface area contributed by atoms with E-state index < -0.39 is 5.97 Å². The summed E-state index contributed by atoms with van der Waals surface area (Å²) in [5, 5.41) is 10.3. The second-order valence-corrected chi connectivity index (χ2v) is 7.24. The molecule has 1 N–H and O–H groups in total. The van der Waals surface area contributed by atoms with E-state index in [0.717, 1.165) is 42.4 Å². The van der Waals surface area contributed by atoms with Crippen LogP contribution in [-0.4, -0.2) is 34.0 Å². The second kappa shape index (κ2) is 6.68. The van der Waals surface area contributed by atoms with Gasteiger partial charge in [-0.3, -0.25) is 4.90 Å². The van der Waals surface area contributed by atoms with Crippen molar-refractivity contribution in [1.29, 1.82) is 0 Å². The van der Waals surface area contributed by atoms with E-state index in [0.29, 0.717) is 11.8 Å². The Morgan fingerprint density at radius 3 is 2.60 bits per heavy atom. The van der Waals surface area contributed by atoms with Gasteiger partial charge in [0.25, 0.3) is 0 Å². The van der Waals surface area contributed by atoms with Gasteiger partial charge in [-0.25, -0.2) is 9.78 Å². The molecular formula is C15H24N2O2S. The normalized spacial score (nSPS) is 23.9. The Balaban J connectivity index is 2.13. The Labute approximate surface area is 124 Å². The number of hydrogen-bond acceptors (Lipinski definition) is 4. The Morgan fingerprint density at radius 1 is 1.40 bits per heavy atom. The van der Waals surface area contributed by atoms with Crippen LogP contribution in [0.25, 0.3) is 0 Å². The smallest absolute Gasteiger partial charge is 0.355 e. The number of carboxylic acid groups (broad SMARTS) is 1. The molecule has 1 aromatic heterocycles. The lowest BCUT2D eigenvalue weighted by Crippen LogP contribution is -2.38. The van der Waals surface area contributed by atoms with E-state index >= 15 is 0 Å². The number of thiazole rings is 1. The molecule has 1 saturated heterocycles. The van der Waals surface area contributed by atoms with Crippen molar-refractivity contribution in [2.75, 3.05) is 13.1 Å². The largest absolute Gasteiger partial charge is 0.476 e. The maximum absolute atomic E-state index is 11.3. The lowest BCUT2D eigenvalue weighted by atomic mass is 9.92. The number of carbonyl (C=O) groups is 1. The SMILES string of the molecule is CCCc1nc(C(=O)O)c(CN2CC(C)CC(C)C2)s1. The van der Waals surface area contributed by atoms with Gasteiger partial charge in [-0.15, -0.1) is 11.3 Å². The van der Waals surface area contributed by atoms with Gasteiger partial charge in [0, 0.05) is 19.6 Å². The Bertz CT molecular complexity index is 462. The van der Waals surface area contributed by atoms with E-state index in [1.54, 1.807) is 11.3 Å². The molecule has 0 spiro atoms. The van der Waals surface area contributed by atoms with Gasteiger partial charge < -0.3 is 5.11 Å². The van der Waals surface area contributed by atoms with Crippen molar-refractivity contribution in [1.82, 2.24) is 9.88 Å². The molecule has 20 heavy (non-hydrogen) atoms. The standard InChI is InChI=1S/C15H24N2O2S/c1-4-5-13-16-14(15(18)19)12(20-13)9-17-7-10(2)6-11(3)8-17/h10-11H,4-9H2,1-3H3,(H,18,19). The number of hydrogen-bond donors (Lipinski definition) is 1. The summed E-state index contributed by atoms with van der Waals surface area (Å²) in [6.07, 6.45) is 3.15. The molecule has 1 aliphatic heterocycles. The monoisotopic (exact) mass is 296 g/mol. The topological polar surface area (TPSA) is 53.4 Å². The Morgan fingerprint density at radius 2 is 2.05 bits per heavy atom. The second-order valence-electron chi connectivity index (χ2n) is 6.07. The minimum absolute atomic E-state index is 0.268. The number of aromatic nitrogens is 1. The van der Waals surface area contributed by atoms with Crippen LogP contribution in [0.15, 0.2) is 0 Å². The third-order valence-electron chi connectivity index (χ3n) is 3.72. The first kappa shape index (κ1) is 15.4. The fourth-order valence-corrected chi connectivity index (χ4v) is 4.32. The van der Waals surface area contributed by atoms with Crippen LogP contribution in [-0.2, 0) is 13.0 Å². The van der Waals surface area contributed by atoms with Gasteiger partial charge in [-0.05, 0) is 31.1 Å². The molecule has 112 valence electrons. The molecule has 2 atom stereocenters. The summed E-state index contributed by atoms with van der Waals surface area (Å²) in [5.41, 5.74) is 0.268. The number of aryl methyl sites for hydroxylation is 1. The van der Waals surface area contributed by atoms with Crippen molar-refractivity contribution in [3.05, 3.63) is 15.6 Å². The number of piperidine rings is 1. The van der Waals surface area contributed by atoms with Gasteiger partial charge in [0.2, 0.25) is 0 Å². The fraction of sp³-hybridized carbons (Fsp3) is 0.733. The molecule has 0 bridgehead atoms. The number of nitrogens with zero attached hydrogens (tertiary/aromatic N) is 2. The molecule has 0 saturated carbocycles. The molecule has 2 heterocycles. The minimum atomic E-state index is -0.892. The highest BCUT2D eigenvalue weighted by Crippen LogP contribution is 2.26. The summed E-state index contributed by atoms with van der Waals surface area (Å²) in [6.45, 7) is 9.49. The first-order chi connectivity index (χ1) is 9.49. The van der Waals surface area contributed by atoms with E-state index in [9.17, 15) is 9.90 Å². The van der Waals surface area contributed by atoms with E-state index in [2.05, 4.69) is 30.7 Å². The van der Waals surface area contributed by atoms with Crippen molar-refractivity contribution in [3.63, 3.8) is 0 Å². The van der Waals surface area contributed by atoms with Crippen molar-refractivity contribution in [3.8, 4) is 0 Å². The van der Waals surface area contributed by atoms with Crippen LogP contribution in [0.2, 0.25) is 0 Å². The lowest BCUT2D eigenvalue weighted by Gasteiger charge is -2.34. The van der Waals surface area contributed by atoms with Crippen molar-refractivity contribution in [2.24, 2.45) is 11.8 Å². The first-order valence-corrected chi connectivity index (χ1v) is 8.25. The number of carboxylic acids is 1. The highest BCUT2D eigenvalue weighted by atomic mass is 32.1. The van der Waals surface area contributed by atoms with Gasteiger partial charge in [-0.2, -0.15) is 0 Å². The molecule has 0 aromatic carbocycles. The Kier molecular flexibility index (Phi) is 5.16. The van der Waals surface area contributed by atoms with Gasteiger partial charge in [0.15, 0.2) is 5.69 Å². The highest BCUT2D eigenvalue weighted by molar-refractivity contribution is 7.11. The average Bonchev–Trinajstić information content (AvgIpc) is 2.71. The molecule has 1 aromatic rings. The van der Waals surface area contributed by atoms with E-state index in [4.69, 9.17) is 0 Å². The lowest BCUT2D eigenvalue weighted by molar-refractivity contribution is 0.0687. The highest BCUT2D eigenvalue weighted by Gasteiger charge is 2.25. The summed E-state index contributed by atoms with van der Waals surface area (Å²) >= 11 is 1.57. The molecule has 0 radical (unpaired) electrons. The fourth-order valence-electron chi connectivity index (χ4n) is 3.12. The number of rotatable bonds is 5. The predicted molar refractivity (Wildman–Crippen MR) is 81.3 cm³/mol. The zero-order chi connectivity index (χ0) is 14.7. The molecule has 2 rings (SSSR count). The summed E-state index contributed by atoms with van der Waals surface area (Å²) in [7, 11) is 0. The zero-order valence-corrected chi connectivity index (χ0v) is 13.4. The van der Waals surface area contributed by atoms with Crippen LogP contribution in [0.4, 0.5) is 0 Å². The summed E-state index contributed by atoms with van der Waals surface area (Å²) < 4.78 is 0. The predicted octanol–water partition coefficient (Wildman–Crippen LogP) is 3.27. The van der Waals surface area contributed by atoms with Crippen LogP contribution in [0.1, 0.15) is 54.0 Å². The molecule has 2 unspecified atom stereocenters. The van der Waals surface area contributed by atoms with E-state index in [1.807, 2.05) is 0 Å². The molecule has 4 nitrogen and oxygen atoms in total. The first-order valence-electron chi connectivity index (χ1n) is 7.43. The molecule has 1 aliphatic rings. The molecule has 5 heteroatoms. The van der Waals surface area contributed by atoms with Gasteiger partial charge in [0.05, 0.1) is 9.88 Å². The summed E-state index contributed by atoms with van der Waals surface area (Å²) in [4.78, 5) is 18.9. The quantitative estimate of drug-likeness (QED) is 0.906. The number of aromatic carboxylic acids is 1. The third kappa shape index (κ3) is 3.79. The Hall–Kier alpha value is -0.940. The van der Waals surface area contributed by atoms with Crippen molar-refractivity contribution < 1.29 is 9.90 Å². The van der Waals surface area contributed by atoms with Crippen LogP contribution < -0.4 is 0 Å². The maximum atomic E-state index is 11.3. The maximum Gasteiger partial charge on any atom is 0.355 e. The van der Waals surface area contributed by atoms with Gasteiger partial charge in [-0.1, -0.05) is 20.8 Å². The third-order valence-corrected chi connectivity index (χ3v) is 4.82. The summed E-state index contributed by atoms with van der Waals surface area (Å²) in [5.74, 6) is 0.488. The van der Waals surface area contributed by atoms with Crippen LogP contribution >= 0.6 is 11.3 Å². The summed E-state index contributed by atoms with van der Waals surface area (Å²) in [6, 6.07) is 0. The van der Waals surface area contributed by atoms with Gasteiger partial charge >= 0.3 is 5.97 Å². The number of likely N-dealkylation sites (tertiary alicyclic amines) is 1. The van der Waals surface area contributed by atoms with E-state index in [1.165, 1.54) is 6.42 Å². The molecule has 0 aliphatic carbocycles. The molecule has 0 amide bonds. The van der Waals surface area contributed by atoms with Crippen LogP contribution in [0.5, 0.6) is 0 Å². The van der Waals surface area contributed by atoms with Crippen molar-refractivity contribution >= 4 is 17.3 Å². The minimum Gasteiger partial charge on any atom is -0.476 e. The van der Waals surface area contributed by atoms with Crippen LogP contribution in [0.3, 0.4) is 0 Å². The average molecular weight is 296 g/mol. The van der Waals surface area contributed by atoms with E-state index in [-0.39, 0.29) is 5.69 Å². The van der Waals surface area contributed by atoms with Crippen molar-refractivity contribution in [2.45, 2.75) is 46.6 Å². The molecule has 1 fully saturated rings. The molecular weight excluding hydrogens is 272 g/mol. The van der Waals surface area contributed by atoms with Crippen LogP contribution in [0, 0.1) is 11.8 Å².